The fourth-order valence-electron chi connectivity index (χ4n) is 8.88. The maximum Gasteiger partial charge on any atom is 0.0675 e. The van der Waals surface area contributed by atoms with Crippen molar-refractivity contribution in [2.24, 2.45) is 34.5 Å². The van der Waals surface area contributed by atoms with Gasteiger partial charge in [0.05, 0.1) is 5.60 Å². The molecule has 158 valence electrons. The van der Waals surface area contributed by atoms with Crippen LogP contribution in [-0.4, -0.2) is 28.7 Å². The first kappa shape index (κ1) is 19.5. The van der Waals surface area contributed by atoms with Gasteiger partial charge in [0.15, 0.2) is 0 Å². The predicted octanol–water partition coefficient (Wildman–Crippen LogP) is 6.15. The number of allylic oxidation sites excluding steroid dienone is 1. The minimum absolute atomic E-state index is 0.165. The van der Waals surface area contributed by atoms with Gasteiger partial charge in [-0.1, -0.05) is 19.4 Å². The molecular formula is C26H43NO. The van der Waals surface area contributed by atoms with Gasteiger partial charge in [-0.3, -0.25) is 0 Å². The van der Waals surface area contributed by atoms with Crippen LogP contribution in [0.3, 0.4) is 0 Å². The lowest BCUT2D eigenvalue weighted by atomic mass is 9.44. The average Bonchev–Trinajstić information content (AvgIpc) is 2.91. The summed E-state index contributed by atoms with van der Waals surface area (Å²) in [6, 6.07) is 0. The highest BCUT2D eigenvalue weighted by Gasteiger charge is 2.63. The quantitative estimate of drug-likeness (QED) is 0.585. The highest BCUT2D eigenvalue weighted by Crippen LogP contribution is 2.68. The minimum Gasteiger partial charge on any atom is -0.390 e. The average molecular weight is 386 g/mol. The summed E-state index contributed by atoms with van der Waals surface area (Å²) in [5.74, 6) is 3.46. The molecule has 5 rings (SSSR count). The molecule has 0 aromatic rings. The third-order valence-corrected chi connectivity index (χ3v) is 10.8. The number of hydrogen-bond acceptors (Lipinski definition) is 2. The minimum atomic E-state index is -0.438. The monoisotopic (exact) mass is 385 g/mol. The van der Waals surface area contributed by atoms with E-state index in [0.29, 0.717) is 5.41 Å². The maximum absolute atomic E-state index is 11.1. The Balaban J connectivity index is 1.38. The van der Waals surface area contributed by atoms with E-state index in [0.717, 1.165) is 30.1 Å². The summed E-state index contributed by atoms with van der Waals surface area (Å²) in [5.41, 5.74) is 2.00. The molecule has 1 aliphatic heterocycles. The Bertz CT molecular complexity index is 632. The Morgan fingerprint density at radius 1 is 0.893 bits per heavy atom. The molecular weight excluding hydrogens is 342 g/mol. The Hall–Kier alpha value is -0.500. The smallest absolute Gasteiger partial charge is 0.0675 e. The van der Waals surface area contributed by atoms with E-state index in [4.69, 9.17) is 0 Å². The van der Waals surface area contributed by atoms with E-state index in [1.54, 1.807) is 5.57 Å². The van der Waals surface area contributed by atoms with Crippen LogP contribution in [0.1, 0.15) is 97.8 Å². The van der Waals surface area contributed by atoms with Crippen molar-refractivity contribution in [1.82, 2.24) is 4.90 Å². The van der Waals surface area contributed by atoms with Gasteiger partial charge >= 0.3 is 0 Å². The van der Waals surface area contributed by atoms with Crippen molar-refractivity contribution < 1.29 is 5.11 Å². The van der Waals surface area contributed by atoms with Gasteiger partial charge in [-0.2, -0.15) is 0 Å². The summed E-state index contributed by atoms with van der Waals surface area (Å²) in [4.78, 5) is 2.63. The number of piperidine rings is 1. The van der Waals surface area contributed by atoms with Gasteiger partial charge in [0.25, 0.3) is 0 Å². The number of rotatable bonds is 1. The number of nitrogens with zero attached hydrogens (tertiary/aromatic N) is 1. The van der Waals surface area contributed by atoms with Gasteiger partial charge < -0.3 is 10.0 Å². The molecule has 5 aliphatic rings. The van der Waals surface area contributed by atoms with Crippen molar-refractivity contribution in [3.63, 3.8) is 0 Å². The largest absolute Gasteiger partial charge is 0.390 e. The fraction of sp³-hybridized carbons (Fsp3) is 0.923. The van der Waals surface area contributed by atoms with Crippen LogP contribution < -0.4 is 0 Å². The van der Waals surface area contributed by atoms with Crippen molar-refractivity contribution >= 4 is 0 Å². The van der Waals surface area contributed by atoms with E-state index in [9.17, 15) is 5.11 Å². The van der Waals surface area contributed by atoms with Crippen LogP contribution in [0.5, 0.6) is 0 Å². The van der Waals surface area contributed by atoms with Gasteiger partial charge in [0.1, 0.15) is 0 Å². The van der Waals surface area contributed by atoms with Gasteiger partial charge in [-0.15, -0.1) is 0 Å². The Morgan fingerprint density at radius 2 is 1.64 bits per heavy atom. The normalized spacial score (nSPS) is 52.9. The molecule has 0 aromatic carbocycles. The van der Waals surface area contributed by atoms with Gasteiger partial charge in [-0.05, 0) is 125 Å². The zero-order chi connectivity index (χ0) is 19.6. The molecule has 4 aliphatic carbocycles. The van der Waals surface area contributed by atoms with E-state index in [1.165, 1.54) is 83.7 Å². The van der Waals surface area contributed by atoms with Gasteiger partial charge in [0.2, 0.25) is 0 Å². The third kappa shape index (κ3) is 2.83. The molecule has 0 bridgehead atoms. The van der Waals surface area contributed by atoms with Crippen LogP contribution in [-0.2, 0) is 0 Å². The molecule has 0 unspecified atom stereocenters. The number of aliphatic hydroxyl groups is 1. The zero-order valence-electron chi connectivity index (χ0n) is 18.7. The summed E-state index contributed by atoms with van der Waals surface area (Å²) < 4.78 is 0. The summed E-state index contributed by atoms with van der Waals surface area (Å²) in [5, 5.41) is 11.1. The molecule has 5 fully saturated rings. The number of likely N-dealkylation sites (tertiary alicyclic amines) is 1. The van der Waals surface area contributed by atoms with Crippen molar-refractivity contribution in [3.05, 3.63) is 11.8 Å². The second-order valence-electron chi connectivity index (χ2n) is 12.0. The SMILES string of the molecule is C[C@]12C/C(=C/N3CCCCC3)CC[C@@H]1CC[C@@H]1[C@@H]2CC[C@@]2(C)[C@H]1CC[C@@]2(C)O. The van der Waals surface area contributed by atoms with Gasteiger partial charge in [-0.25, -0.2) is 0 Å². The molecule has 1 N–H and O–H groups in total. The van der Waals surface area contributed by atoms with Gasteiger partial charge in [0, 0.05) is 13.1 Å². The van der Waals surface area contributed by atoms with Crippen LogP contribution in [0.25, 0.3) is 0 Å². The lowest BCUT2D eigenvalue weighted by molar-refractivity contribution is -0.141. The summed E-state index contributed by atoms with van der Waals surface area (Å²) in [6.07, 6.45) is 18.7. The van der Waals surface area contributed by atoms with Crippen molar-refractivity contribution in [3.8, 4) is 0 Å². The molecule has 0 amide bonds. The van der Waals surface area contributed by atoms with Crippen LogP contribution in [0.2, 0.25) is 0 Å². The van der Waals surface area contributed by atoms with E-state index in [1.807, 2.05) is 0 Å². The third-order valence-electron chi connectivity index (χ3n) is 10.8. The Morgan fingerprint density at radius 3 is 2.43 bits per heavy atom. The first-order valence-electron chi connectivity index (χ1n) is 12.5. The lowest BCUT2D eigenvalue weighted by Gasteiger charge is -2.61. The topological polar surface area (TPSA) is 23.5 Å². The van der Waals surface area contributed by atoms with Crippen LogP contribution in [0.4, 0.5) is 0 Å². The predicted molar refractivity (Wildman–Crippen MR) is 116 cm³/mol. The summed E-state index contributed by atoms with van der Waals surface area (Å²) in [7, 11) is 0. The van der Waals surface area contributed by atoms with Crippen LogP contribution in [0.15, 0.2) is 11.8 Å². The van der Waals surface area contributed by atoms with Crippen molar-refractivity contribution in [2.45, 2.75) is 103 Å². The molecule has 2 nitrogen and oxygen atoms in total. The molecule has 2 heteroatoms. The Labute approximate surface area is 173 Å². The molecule has 7 atom stereocenters. The molecule has 1 saturated heterocycles. The van der Waals surface area contributed by atoms with Crippen molar-refractivity contribution in [2.75, 3.05) is 13.1 Å². The standard InChI is InChI=1S/C26H43NO/c1-24-17-19(18-27-15-5-4-6-16-27)7-8-20(24)9-10-21-22(24)11-13-25(2)23(21)12-14-26(25,3)28/h18,20-23,28H,4-17H2,1-3H3/b19-18+/t20-,21-,22+,23+,24+,25+,26-/m1/s1. The zero-order valence-corrected chi connectivity index (χ0v) is 18.7. The number of hydrogen-bond donors (Lipinski definition) is 1. The van der Waals surface area contributed by atoms with Crippen LogP contribution >= 0.6 is 0 Å². The summed E-state index contributed by atoms with van der Waals surface area (Å²) in [6.45, 7) is 9.81. The molecule has 0 spiro atoms. The molecule has 0 aromatic heterocycles. The van der Waals surface area contributed by atoms with E-state index in [2.05, 4.69) is 31.9 Å². The van der Waals surface area contributed by atoms with E-state index in [-0.39, 0.29) is 5.41 Å². The number of fused-ring (bicyclic) bond motifs is 5. The summed E-state index contributed by atoms with van der Waals surface area (Å²) >= 11 is 0. The molecule has 4 saturated carbocycles. The molecule has 0 radical (unpaired) electrons. The first-order valence-corrected chi connectivity index (χ1v) is 12.5. The second-order valence-corrected chi connectivity index (χ2v) is 12.0. The highest BCUT2D eigenvalue weighted by molar-refractivity contribution is 5.17. The maximum atomic E-state index is 11.1. The molecule has 1 heterocycles. The molecule has 28 heavy (non-hydrogen) atoms. The highest BCUT2D eigenvalue weighted by atomic mass is 16.3. The van der Waals surface area contributed by atoms with Crippen molar-refractivity contribution in [1.29, 1.82) is 0 Å². The van der Waals surface area contributed by atoms with E-state index >= 15 is 0 Å². The lowest BCUT2D eigenvalue weighted by Crippen LogP contribution is -2.55. The van der Waals surface area contributed by atoms with Crippen LogP contribution in [0, 0.1) is 34.5 Å². The van der Waals surface area contributed by atoms with E-state index < -0.39 is 5.60 Å². The fourth-order valence-corrected chi connectivity index (χ4v) is 8.88. The first-order chi connectivity index (χ1) is 13.3. The second kappa shape index (κ2) is 6.76. The Kier molecular flexibility index (Phi) is 4.70.